The highest BCUT2D eigenvalue weighted by atomic mass is 79.9. The van der Waals surface area contributed by atoms with Crippen LogP contribution in [0.4, 0.5) is 5.69 Å². The summed E-state index contributed by atoms with van der Waals surface area (Å²) in [5, 5.41) is 9.22. The van der Waals surface area contributed by atoms with Crippen molar-refractivity contribution in [3.63, 3.8) is 0 Å². The molecular weight excluding hydrogens is 246 g/mol. The summed E-state index contributed by atoms with van der Waals surface area (Å²) in [4.78, 5) is 11.2. The number of nitrogens with zero attached hydrogens (tertiary/aromatic N) is 1. The van der Waals surface area contributed by atoms with Crippen LogP contribution in [-0.2, 0) is 0 Å². The van der Waals surface area contributed by atoms with Crippen LogP contribution in [0.15, 0.2) is 15.5 Å². The van der Waals surface area contributed by atoms with Crippen molar-refractivity contribution in [2.45, 2.75) is 20.8 Å². The minimum absolute atomic E-state index is 0.169. The molecule has 2 N–H and O–H groups in total. The number of rotatable bonds is 2. The Balaban J connectivity index is 2.78. The molecule has 4 nitrogen and oxygen atoms in total. The van der Waals surface area contributed by atoms with Crippen molar-refractivity contribution in [1.82, 2.24) is 10.2 Å². The van der Waals surface area contributed by atoms with E-state index < -0.39 is 0 Å². The molecule has 0 radical (unpaired) electrons. The zero-order valence-corrected chi connectivity index (χ0v) is 10.1. The Morgan fingerprint density at radius 1 is 1.57 bits per heavy atom. The highest BCUT2D eigenvalue weighted by Crippen LogP contribution is 2.19. The SMILES string of the molecule is CC(C)(C)CNc1cn[nH]c(=O)c1Br. The smallest absolute Gasteiger partial charge is 0.280 e. The van der Waals surface area contributed by atoms with Crippen LogP contribution in [0.1, 0.15) is 20.8 Å². The normalized spacial score (nSPS) is 11.4. The predicted octanol–water partition coefficient (Wildman–Crippen LogP) is 1.99. The van der Waals surface area contributed by atoms with Gasteiger partial charge in [-0.1, -0.05) is 20.8 Å². The molecule has 14 heavy (non-hydrogen) atoms. The maximum Gasteiger partial charge on any atom is 0.280 e. The first-order valence-electron chi connectivity index (χ1n) is 4.37. The molecule has 78 valence electrons. The highest BCUT2D eigenvalue weighted by molar-refractivity contribution is 9.10. The van der Waals surface area contributed by atoms with Crippen LogP contribution in [0.3, 0.4) is 0 Å². The van der Waals surface area contributed by atoms with E-state index in [9.17, 15) is 4.79 Å². The lowest BCUT2D eigenvalue weighted by molar-refractivity contribution is 0.443. The number of hydrogen-bond acceptors (Lipinski definition) is 3. The van der Waals surface area contributed by atoms with Crippen molar-refractivity contribution in [2.75, 3.05) is 11.9 Å². The van der Waals surface area contributed by atoms with E-state index in [1.165, 1.54) is 0 Å². The molecule has 0 aliphatic heterocycles. The molecule has 5 heteroatoms. The molecular formula is C9H14BrN3O. The standard InChI is InChI=1S/C9H14BrN3O/c1-9(2,3)5-11-6-4-12-13-8(14)7(6)10/h4H,5H2,1-3H3,(H2,11,13,14). The Labute approximate surface area is 91.2 Å². The molecule has 1 heterocycles. The highest BCUT2D eigenvalue weighted by Gasteiger charge is 2.11. The molecule has 1 rings (SSSR count). The van der Waals surface area contributed by atoms with Gasteiger partial charge in [0.15, 0.2) is 0 Å². The third kappa shape index (κ3) is 3.14. The molecule has 0 aliphatic carbocycles. The fourth-order valence-corrected chi connectivity index (χ4v) is 1.20. The lowest BCUT2D eigenvalue weighted by Gasteiger charge is -2.19. The number of nitrogens with one attached hydrogen (secondary N) is 2. The second-order valence-electron chi connectivity index (χ2n) is 4.34. The van der Waals surface area contributed by atoms with Gasteiger partial charge in [-0.15, -0.1) is 0 Å². The largest absolute Gasteiger partial charge is 0.382 e. The molecule has 0 saturated carbocycles. The van der Waals surface area contributed by atoms with Gasteiger partial charge in [0.2, 0.25) is 0 Å². The summed E-state index contributed by atoms with van der Waals surface area (Å²) in [6.45, 7) is 7.15. The monoisotopic (exact) mass is 259 g/mol. The van der Waals surface area contributed by atoms with Crippen molar-refractivity contribution in [2.24, 2.45) is 5.41 Å². The molecule has 1 aromatic rings. The van der Waals surface area contributed by atoms with Crippen molar-refractivity contribution >= 4 is 21.6 Å². The van der Waals surface area contributed by atoms with Gasteiger partial charge in [-0.2, -0.15) is 5.10 Å². The predicted molar refractivity (Wildman–Crippen MR) is 60.5 cm³/mol. The second-order valence-corrected chi connectivity index (χ2v) is 5.13. The van der Waals surface area contributed by atoms with Gasteiger partial charge in [-0.3, -0.25) is 4.79 Å². The number of aromatic amines is 1. The van der Waals surface area contributed by atoms with Crippen LogP contribution in [0.2, 0.25) is 0 Å². The summed E-state index contributed by atoms with van der Waals surface area (Å²) in [5.74, 6) is 0. The van der Waals surface area contributed by atoms with Crippen molar-refractivity contribution in [3.8, 4) is 0 Å². The average molecular weight is 260 g/mol. The first-order chi connectivity index (χ1) is 6.40. The minimum atomic E-state index is -0.219. The van der Waals surface area contributed by atoms with Gasteiger partial charge in [-0.25, -0.2) is 5.10 Å². The van der Waals surface area contributed by atoms with Crippen LogP contribution in [0.25, 0.3) is 0 Å². The summed E-state index contributed by atoms with van der Waals surface area (Å²) in [6.07, 6.45) is 1.59. The maximum absolute atomic E-state index is 11.2. The molecule has 0 spiro atoms. The number of hydrogen-bond donors (Lipinski definition) is 2. The molecule has 1 aromatic heterocycles. The third-order valence-corrected chi connectivity index (χ3v) is 2.39. The molecule has 0 amide bonds. The molecule has 0 unspecified atom stereocenters. The number of aromatic nitrogens is 2. The summed E-state index contributed by atoms with van der Waals surface area (Å²) in [6, 6.07) is 0. The Kier molecular flexibility index (Phi) is 3.31. The van der Waals surface area contributed by atoms with Gasteiger partial charge in [0.05, 0.1) is 11.9 Å². The maximum atomic E-state index is 11.2. The summed E-state index contributed by atoms with van der Waals surface area (Å²) < 4.78 is 0.497. The summed E-state index contributed by atoms with van der Waals surface area (Å²) >= 11 is 3.20. The van der Waals surface area contributed by atoms with Crippen molar-refractivity contribution < 1.29 is 0 Å². The van der Waals surface area contributed by atoms with Gasteiger partial charge in [0.1, 0.15) is 4.47 Å². The van der Waals surface area contributed by atoms with Gasteiger partial charge in [0.25, 0.3) is 5.56 Å². The van der Waals surface area contributed by atoms with Crippen molar-refractivity contribution in [1.29, 1.82) is 0 Å². The molecule has 0 atom stereocenters. The van der Waals surface area contributed by atoms with Gasteiger partial charge >= 0.3 is 0 Å². The molecule has 0 aromatic carbocycles. The third-order valence-electron chi connectivity index (χ3n) is 1.60. The second kappa shape index (κ2) is 4.13. The lowest BCUT2D eigenvalue weighted by Crippen LogP contribution is -2.21. The first-order valence-corrected chi connectivity index (χ1v) is 5.16. The van der Waals surface area contributed by atoms with Crippen molar-refractivity contribution in [3.05, 3.63) is 21.0 Å². The van der Waals surface area contributed by atoms with Crippen LogP contribution in [0, 0.1) is 5.41 Å². The van der Waals surface area contributed by atoms with E-state index >= 15 is 0 Å². The topological polar surface area (TPSA) is 57.8 Å². The van der Waals surface area contributed by atoms with E-state index in [0.717, 1.165) is 12.2 Å². The summed E-state index contributed by atoms with van der Waals surface area (Å²) in [5.41, 5.74) is 0.676. The number of anilines is 1. The van der Waals surface area contributed by atoms with Gasteiger partial charge in [-0.05, 0) is 21.3 Å². The quantitative estimate of drug-likeness (QED) is 0.854. The molecule has 0 saturated heterocycles. The number of H-pyrrole nitrogens is 1. The van der Waals surface area contributed by atoms with E-state index in [4.69, 9.17) is 0 Å². The van der Waals surface area contributed by atoms with E-state index in [2.05, 4.69) is 52.2 Å². The zero-order valence-electron chi connectivity index (χ0n) is 8.52. The minimum Gasteiger partial charge on any atom is -0.382 e. The van der Waals surface area contributed by atoms with Crippen LogP contribution < -0.4 is 10.9 Å². The Morgan fingerprint density at radius 3 is 2.79 bits per heavy atom. The fraction of sp³-hybridized carbons (Fsp3) is 0.556. The van der Waals surface area contributed by atoms with E-state index in [0.29, 0.717) is 4.47 Å². The van der Waals surface area contributed by atoms with Gasteiger partial charge in [0, 0.05) is 6.54 Å². The molecule has 0 fully saturated rings. The first kappa shape index (κ1) is 11.2. The fourth-order valence-electron chi connectivity index (χ4n) is 0.867. The van der Waals surface area contributed by atoms with E-state index in [-0.39, 0.29) is 11.0 Å². The zero-order chi connectivity index (χ0) is 10.8. The lowest BCUT2D eigenvalue weighted by atomic mass is 9.97. The van der Waals surface area contributed by atoms with Gasteiger partial charge < -0.3 is 5.32 Å². The summed E-state index contributed by atoms with van der Waals surface area (Å²) in [7, 11) is 0. The van der Waals surface area contributed by atoms with Crippen LogP contribution >= 0.6 is 15.9 Å². The van der Waals surface area contributed by atoms with E-state index in [1.54, 1.807) is 6.20 Å². The molecule has 0 bridgehead atoms. The average Bonchev–Trinajstić information content (AvgIpc) is 2.06. The van der Waals surface area contributed by atoms with Crippen LogP contribution in [0.5, 0.6) is 0 Å². The Morgan fingerprint density at radius 2 is 2.21 bits per heavy atom. The Bertz CT molecular complexity index is 367. The van der Waals surface area contributed by atoms with E-state index in [1.807, 2.05) is 0 Å². The molecule has 0 aliphatic rings. The van der Waals surface area contributed by atoms with Crippen LogP contribution in [-0.4, -0.2) is 16.7 Å². The number of halogens is 1. The Hall–Kier alpha value is -0.840.